The number of benzene rings is 1. The maximum absolute atomic E-state index is 13.3. The molecule has 2 aliphatic rings. The summed E-state index contributed by atoms with van der Waals surface area (Å²) >= 11 is 0. The molecule has 9 heteroatoms. The summed E-state index contributed by atoms with van der Waals surface area (Å²) in [6.45, 7) is 8.34. The van der Waals surface area contributed by atoms with Crippen molar-refractivity contribution >= 4 is 22.7 Å². The van der Waals surface area contributed by atoms with Crippen LogP contribution < -0.4 is 10.9 Å². The molecule has 9 nitrogen and oxygen atoms in total. The van der Waals surface area contributed by atoms with Gasteiger partial charge in [-0.3, -0.25) is 4.79 Å². The van der Waals surface area contributed by atoms with Gasteiger partial charge in [-0.2, -0.15) is 9.67 Å². The molecule has 1 fully saturated rings. The number of nitrogens with one attached hydrogen (secondary N) is 1. The predicted octanol–water partition coefficient (Wildman–Crippen LogP) is 3.74. The Morgan fingerprint density at radius 3 is 2.66 bits per heavy atom. The second-order valence-corrected chi connectivity index (χ2v) is 10.7. The molecular weight excluding hydrogens is 440 g/mol. The minimum atomic E-state index is -0.145. The fourth-order valence-corrected chi connectivity index (χ4v) is 4.67. The number of likely N-dealkylation sites (N-methyl/N-ethyl adjacent to an activating group) is 1. The van der Waals surface area contributed by atoms with Crippen LogP contribution in [-0.2, 0) is 18.4 Å². The Hall–Kier alpha value is -3.59. The summed E-state index contributed by atoms with van der Waals surface area (Å²) in [4.78, 5) is 34.3. The lowest BCUT2D eigenvalue weighted by Gasteiger charge is -2.25. The lowest BCUT2D eigenvalue weighted by atomic mass is 9.92. The molecule has 6 rings (SSSR count). The van der Waals surface area contributed by atoms with Crippen molar-refractivity contribution in [3.05, 3.63) is 63.8 Å². The van der Waals surface area contributed by atoms with Crippen LogP contribution in [0.1, 0.15) is 56.5 Å². The summed E-state index contributed by atoms with van der Waals surface area (Å²) < 4.78 is 3.53. The average Bonchev–Trinajstić information content (AvgIpc) is 3.62. The zero-order valence-electron chi connectivity index (χ0n) is 20.6. The number of anilines is 2. The van der Waals surface area contributed by atoms with Gasteiger partial charge in [-0.1, -0.05) is 26.8 Å². The third-order valence-corrected chi connectivity index (χ3v) is 6.78. The van der Waals surface area contributed by atoms with Gasteiger partial charge in [-0.15, -0.1) is 0 Å². The number of fused-ring (bicyclic) bond motifs is 2. The summed E-state index contributed by atoms with van der Waals surface area (Å²) in [5.41, 5.74) is 4.81. The lowest BCUT2D eigenvalue weighted by Crippen LogP contribution is -2.26. The Bertz CT molecular complexity index is 1490. The number of rotatable bonds is 4. The first-order valence-electron chi connectivity index (χ1n) is 12.2. The molecule has 1 N–H and O–H groups in total. The Balaban J connectivity index is 1.45. The van der Waals surface area contributed by atoms with Crippen LogP contribution in [0.25, 0.3) is 17.0 Å². The van der Waals surface area contributed by atoms with Crippen LogP contribution >= 0.6 is 0 Å². The Labute approximate surface area is 203 Å². The Morgan fingerprint density at radius 2 is 1.89 bits per heavy atom. The highest BCUT2D eigenvalue weighted by Gasteiger charge is 2.32. The van der Waals surface area contributed by atoms with Gasteiger partial charge < -0.3 is 10.2 Å². The summed E-state index contributed by atoms with van der Waals surface area (Å²) in [6.07, 6.45) is 6.33. The minimum Gasteiger partial charge on any atom is -0.324 e. The van der Waals surface area contributed by atoms with E-state index in [1.54, 1.807) is 21.8 Å². The van der Waals surface area contributed by atoms with Crippen molar-refractivity contribution in [2.75, 3.05) is 18.9 Å². The molecule has 1 aliphatic heterocycles. The molecule has 0 bridgehead atoms. The van der Waals surface area contributed by atoms with Crippen LogP contribution in [0.3, 0.4) is 0 Å². The zero-order valence-corrected chi connectivity index (χ0v) is 20.6. The van der Waals surface area contributed by atoms with Crippen molar-refractivity contribution in [3.8, 4) is 5.95 Å². The highest BCUT2D eigenvalue weighted by atomic mass is 16.1. The first kappa shape index (κ1) is 21.9. The largest absolute Gasteiger partial charge is 0.324 e. The van der Waals surface area contributed by atoms with Crippen molar-refractivity contribution in [3.63, 3.8) is 0 Å². The molecule has 4 heterocycles. The van der Waals surface area contributed by atoms with Crippen LogP contribution in [0.4, 0.5) is 11.6 Å². The maximum Gasteiger partial charge on any atom is 0.278 e. The number of hydrogen-bond donors (Lipinski definition) is 1. The van der Waals surface area contributed by atoms with Gasteiger partial charge in [0.1, 0.15) is 5.39 Å². The van der Waals surface area contributed by atoms with E-state index in [4.69, 9.17) is 9.97 Å². The van der Waals surface area contributed by atoms with Gasteiger partial charge in [0, 0.05) is 36.6 Å². The van der Waals surface area contributed by atoms with Gasteiger partial charge in [0.2, 0.25) is 5.95 Å². The van der Waals surface area contributed by atoms with Crippen LogP contribution in [0.15, 0.2) is 41.5 Å². The van der Waals surface area contributed by atoms with E-state index in [1.165, 1.54) is 11.1 Å². The van der Waals surface area contributed by atoms with Gasteiger partial charge >= 0.3 is 0 Å². The van der Waals surface area contributed by atoms with E-state index in [-0.39, 0.29) is 17.0 Å². The second kappa shape index (κ2) is 7.98. The highest BCUT2D eigenvalue weighted by molar-refractivity contribution is 5.77. The van der Waals surface area contributed by atoms with E-state index in [9.17, 15) is 4.79 Å². The molecule has 0 amide bonds. The molecule has 0 atom stereocenters. The predicted molar refractivity (Wildman–Crippen MR) is 135 cm³/mol. The highest BCUT2D eigenvalue weighted by Crippen LogP contribution is 2.35. The van der Waals surface area contributed by atoms with Gasteiger partial charge in [0.05, 0.1) is 11.7 Å². The van der Waals surface area contributed by atoms with Gasteiger partial charge in [0.15, 0.2) is 5.65 Å². The summed E-state index contributed by atoms with van der Waals surface area (Å²) in [7, 11) is 2.14. The van der Waals surface area contributed by atoms with E-state index in [2.05, 4.69) is 66.2 Å². The SMILES string of the molecule is CN1CCc2ccc(Nc3ncc4c(=O)n(C5CC5)n(-c5nccc(C(C)(C)C)n5)c4n3)cc2C1. The molecule has 1 aliphatic carbocycles. The Kier molecular flexibility index (Phi) is 5.00. The molecule has 0 radical (unpaired) electrons. The van der Waals surface area contributed by atoms with Crippen LogP contribution in [0.2, 0.25) is 0 Å². The fourth-order valence-electron chi connectivity index (χ4n) is 4.67. The zero-order chi connectivity index (χ0) is 24.3. The van der Waals surface area contributed by atoms with Crippen molar-refractivity contribution in [2.45, 2.75) is 58.0 Å². The molecule has 4 aromatic rings. The van der Waals surface area contributed by atoms with Crippen LogP contribution in [0, 0.1) is 0 Å². The van der Waals surface area contributed by atoms with Crippen molar-refractivity contribution in [1.29, 1.82) is 0 Å². The van der Waals surface area contributed by atoms with E-state index >= 15 is 0 Å². The van der Waals surface area contributed by atoms with E-state index in [0.29, 0.717) is 22.9 Å². The number of aromatic nitrogens is 6. The summed E-state index contributed by atoms with van der Waals surface area (Å²) in [5.74, 6) is 0.896. The minimum absolute atomic E-state index is 0.101. The summed E-state index contributed by atoms with van der Waals surface area (Å²) in [6, 6.07) is 8.46. The molecule has 0 saturated heterocycles. The monoisotopic (exact) mass is 470 g/mol. The third-order valence-electron chi connectivity index (χ3n) is 6.78. The third kappa shape index (κ3) is 3.99. The van der Waals surface area contributed by atoms with Gasteiger partial charge in [-0.05, 0) is 55.6 Å². The molecule has 1 aromatic carbocycles. The lowest BCUT2D eigenvalue weighted by molar-refractivity contribution is 0.313. The van der Waals surface area contributed by atoms with Crippen molar-refractivity contribution in [1.82, 2.24) is 34.2 Å². The molecule has 0 unspecified atom stereocenters. The van der Waals surface area contributed by atoms with E-state index < -0.39 is 0 Å². The molecule has 3 aromatic heterocycles. The quantitative estimate of drug-likeness (QED) is 0.486. The van der Waals surface area contributed by atoms with Crippen LogP contribution in [0.5, 0.6) is 0 Å². The molecule has 0 spiro atoms. The normalized spacial score (nSPS) is 16.5. The number of nitrogens with zero attached hydrogens (tertiary/aromatic N) is 7. The standard InChI is InChI=1S/C26H30N8O/c1-26(2,3)21-9-11-27-25(30-21)34-22-20(23(35)33(34)19-7-8-19)14-28-24(31-22)29-18-6-5-16-10-12-32(4)15-17(16)13-18/h5-6,9,11,13-14,19H,7-8,10,12,15H2,1-4H3,(H,28,29,31). The number of hydrogen-bond acceptors (Lipinski definition) is 7. The maximum atomic E-state index is 13.3. The van der Waals surface area contributed by atoms with Crippen molar-refractivity contribution < 1.29 is 0 Å². The Morgan fingerprint density at radius 1 is 1.06 bits per heavy atom. The first-order valence-corrected chi connectivity index (χ1v) is 12.2. The van der Waals surface area contributed by atoms with E-state index in [1.807, 2.05) is 6.07 Å². The second-order valence-electron chi connectivity index (χ2n) is 10.7. The van der Waals surface area contributed by atoms with E-state index in [0.717, 1.165) is 43.7 Å². The molecule has 180 valence electrons. The smallest absolute Gasteiger partial charge is 0.278 e. The summed E-state index contributed by atoms with van der Waals surface area (Å²) in [5, 5.41) is 3.81. The molecule has 35 heavy (non-hydrogen) atoms. The van der Waals surface area contributed by atoms with Crippen LogP contribution in [-0.4, -0.2) is 47.8 Å². The average molecular weight is 471 g/mol. The molecular formula is C26H30N8O. The molecule has 1 saturated carbocycles. The topological polar surface area (TPSA) is 93.8 Å². The van der Waals surface area contributed by atoms with Gasteiger partial charge in [-0.25, -0.2) is 19.6 Å². The fraction of sp³-hybridized carbons (Fsp3) is 0.423. The van der Waals surface area contributed by atoms with Gasteiger partial charge in [0.25, 0.3) is 11.5 Å². The van der Waals surface area contributed by atoms with Crippen molar-refractivity contribution in [2.24, 2.45) is 0 Å². The first-order chi connectivity index (χ1) is 16.8.